The van der Waals surface area contributed by atoms with E-state index in [-0.39, 0.29) is 11.8 Å². The monoisotopic (exact) mass is 488 g/mol. The number of para-hydroxylation sites is 4. The van der Waals surface area contributed by atoms with Gasteiger partial charge in [0, 0.05) is 23.3 Å². The van der Waals surface area contributed by atoms with E-state index in [4.69, 9.17) is 9.15 Å². The summed E-state index contributed by atoms with van der Waals surface area (Å²) in [5, 5.41) is 31.7. The van der Waals surface area contributed by atoms with E-state index >= 15 is 0 Å². The minimum atomic E-state index is -1.18. The standard InChI is InChI=1S/C25H16N2O9/c28-21(29)11-26-15-5-1-3-7-17(15)35-19(26)9-13-23(32)14(25(34)24(13)33)10-20-27(12-22(30)31)16-6-2-4-8-18(16)36-20/h1-10H,11-12H2,(H2-,28,29,30,31,32,33,34). The lowest BCUT2D eigenvalue weighted by atomic mass is 10.1. The van der Waals surface area contributed by atoms with Crippen molar-refractivity contribution < 1.29 is 48.2 Å². The molecule has 11 heteroatoms. The van der Waals surface area contributed by atoms with Crippen molar-refractivity contribution in [2.24, 2.45) is 0 Å². The molecule has 11 nitrogen and oxygen atoms in total. The second kappa shape index (κ2) is 8.55. The number of carboxylic acids is 2. The van der Waals surface area contributed by atoms with E-state index in [2.05, 4.69) is 0 Å². The number of oxazole rings is 1. The van der Waals surface area contributed by atoms with Crippen LogP contribution in [0.4, 0.5) is 5.69 Å². The smallest absolute Gasteiger partial charge is 0.375 e. The van der Waals surface area contributed by atoms with Crippen molar-refractivity contribution >= 4 is 46.4 Å². The molecule has 0 atom stereocenters. The van der Waals surface area contributed by atoms with Crippen LogP contribution in [0.15, 0.2) is 81.8 Å². The molecule has 2 aromatic carbocycles. The first kappa shape index (κ1) is 22.6. The van der Waals surface area contributed by atoms with Crippen LogP contribution in [0.1, 0.15) is 5.89 Å². The predicted molar refractivity (Wildman–Crippen MR) is 119 cm³/mol. The van der Waals surface area contributed by atoms with E-state index in [0.29, 0.717) is 22.5 Å². The summed E-state index contributed by atoms with van der Waals surface area (Å²) in [4.78, 5) is 49.5. The van der Waals surface area contributed by atoms with E-state index in [1.807, 2.05) is 0 Å². The van der Waals surface area contributed by atoms with E-state index in [0.717, 1.165) is 12.2 Å². The summed E-state index contributed by atoms with van der Waals surface area (Å²) in [6.45, 7) is -1.02. The SMILES string of the molecule is O=C(O)CN1/C(=C\C2=C([O-])C(=C/c3oc4ccccc4[n+]3CC(=O)O)/C(=O)C2=O)Oc2ccccc21. The molecule has 0 saturated heterocycles. The Hall–Kier alpha value is -5.19. The molecule has 0 amide bonds. The number of hydrogen-bond donors (Lipinski definition) is 2. The Morgan fingerprint density at radius 1 is 0.972 bits per heavy atom. The molecule has 2 aliphatic rings. The summed E-state index contributed by atoms with van der Waals surface area (Å²) in [5.74, 6) is -5.37. The fourth-order valence-corrected chi connectivity index (χ4v) is 4.02. The minimum Gasteiger partial charge on any atom is -0.871 e. The normalized spacial score (nSPS) is 17.4. The van der Waals surface area contributed by atoms with Crippen LogP contribution in [0.3, 0.4) is 0 Å². The molecule has 3 aromatic rings. The quantitative estimate of drug-likeness (QED) is 0.288. The van der Waals surface area contributed by atoms with Gasteiger partial charge in [-0.2, -0.15) is 0 Å². The van der Waals surface area contributed by atoms with Gasteiger partial charge in [-0.05, 0) is 18.2 Å². The molecule has 36 heavy (non-hydrogen) atoms. The van der Waals surface area contributed by atoms with Crippen LogP contribution in [0.25, 0.3) is 17.2 Å². The van der Waals surface area contributed by atoms with Crippen LogP contribution in [-0.2, 0) is 25.7 Å². The van der Waals surface area contributed by atoms with Crippen molar-refractivity contribution in [1.82, 2.24) is 0 Å². The number of aromatic nitrogens is 1. The van der Waals surface area contributed by atoms with Gasteiger partial charge in [-0.1, -0.05) is 30.0 Å². The molecule has 2 N–H and O–H groups in total. The third-order valence-corrected chi connectivity index (χ3v) is 5.58. The number of allylic oxidation sites excluding steroid dienone is 3. The van der Waals surface area contributed by atoms with E-state index in [9.17, 15) is 34.5 Å². The lowest BCUT2D eigenvalue weighted by Gasteiger charge is -2.16. The molecule has 0 bridgehead atoms. The van der Waals surface area contributed by atoms with Gasteiger partial charge in [0.25, 0.3) is 5.52 Å². The fraction of sp³-hybridized carbons (Fsp3) is 0.0800. The Morgan fingerprint density at radius 3 is 2.44 bits per heavy atom. The lowest BCUT2D eigenvalue weighted by molar-refractivity contribution is -0.666. The first-order valence-electron chi connectivity index (χ1n) is 10.6. The number of anilines is 1. The predicted octanol–water partition coefficient (Wildman–Crippen LogP) is 0.780. The first-order valence-corrected chi connectivity index (χ1v) is 10.6. The van der Waals surface area contributed by atoms with Crippen LogP contribution in [0, 0.1) is 0 Å². The summed E-state index contributed by atoms with van der Waals surface area (Å²) in [6.07, 6.45) is 2.08. The number of aliphatic carboxylic acids is 2. The van der Waals surface area contributed by atoms with Crippen LogP contribution in [-0.4, -0.2) is 40.3 Å². The number of hydrogen-bond acceptors (Lipinski definition) is 8. The van der Waals surface area contributed by atoms with Crippen LogP contribution in [0.5, 0.6) is 5.75 Å². The summed E-state index contributed by atoms with van der Waals surface area (Å²) in [5.41, 5.74) is 0.144. The molecule has 5 rings (SSSR count). The molecular weight excluding hydrogens is 472 g/mol. The summed E-state index contributed by atoms with van der Waals surface area (Å²) >= 11 is 0. The number of benzene rings is 2. The van der Waals surface area contributed by atoms with Crippen molar-refractivity contribution in [1.29, 1.82) is 0 Å². The lowest BCUT2D eigenvalue weighted by Crippen LogP contribution is -2.39. The minimum absolute atomic E-state index is 0.103. The Morgan fingerprint density at radius 2 is 1.69 bits per heavy atom. The molecule has 0 spiro atoms. The summed E-state index contributed by atoms with van der Waals surface area (Å²) in [6, 6.07) is 13.1. The van der Waals surface area contributed by atoms with E-state index in [1.54, 1.807) is 48.5 Å². The second-order valence-electron chi connectivity index (χ2n) is 7.88. The highest BCUT2D eigenvalue weighted by molar-refractivity contribution is 6.54. The van der Waals surface area contributed by atoms with Gasteiger partial charge in [0.2, 0.25) is 29.6 Å². The molecule has 0 radical (unpaired) electrons. The van der Waals surface area contributed by atoms with Gasteiger partial charge in [0.05, 0.1) is 11.8 Å². The molecule has 180 valence electrons. The third kappa shape index (κ3) is 3.78. The molecule has 1 aliphatic heterocycles. The third-order valence-electron chi connectivity index (χ3n) is 5.58. The highest BCUT2D eigenvalue weighted by Gasteiger charge is 2.35. The van der Waals surface area contributed by atoms with Crippen molar-refractivity contribution in [3.63, 3.8) is 0 Å². The maximum Gasteiger partial charge on any atom is 0.375 e. The van der Waals surface area contributed by atoms with Crippen molar-refractivity contribution in [3.05, 3.63) is 83.3 Å². The largest absolute Gasteiger partial charge is 0.871 e. The van der Waals surface area contributed by atoms with Gasteiger partial charge in [-0.25, -0.2) is 4.79 Å². The van der Waals surface area contributed by atoms with Gasteiger partial charge >= 0.3 is 17.8 Å². The number of rotatable bonds is 6. The average molecular weight is 488 g/mol. The zero-order valence-corrected chi connectivity index (χ0v) is 18.3. The number of carbonyl (C=O) groups is 4. The van der Waals surface area contributed by atoms with Crippen LogP contribution < -0.4 is 19.3 Å². The average Bonchev–Trinajstić information content (AvgIpc) is 3.42. The van der Waals surface area contributed by atoms with Gasteiger partial charge < -0.3 is 24.5 Å². The van der Waals surface area contributed by atoms with E-state index in [1.165, 1.54) is 9.47 Å². The van der Waals surface area contributed by atoms with Gasteiger partial charge in [0.1, 0.15) is 6.54 Å². The fourth-order valence-electron chi connectivity index (χ4n) is 4.02. The highest BCUT2D eigenvalue weighted by atomic mass is 16.5. The van der Waals surface area contributed by atoms with Crippen LogP contribution in [0.2, 0.25) is 0 Å². The van der Waals surface area contributed by atoms with Crippen LogP contribution >= 0.6 is 0 Å². The second-order valence-corrected chi connectivity index (χ2v) is 7.88. The van der Waals surface area contributed by atoms with Crippen molar-refractivity contribution in [2.45, 2.75) is 6.54 Å². The summed E-state index contributed by atoms with van der Waals surface area (Å²) in [7, 11) is 0. The van der Waals surface area contributed by atoms with Gasteiger partial charge in [-0.3, -0.25) is 19.3 Å². The zero-order chi connectivity index (χ0) is 25.6. The van der Waals surface area contributed by atoms with Crippen molar-refractivity contribution in [2.75, 3.05) is 11.4 Å². The topological polar surface area (TPSA) is 161 Å². The molecule has 0 saturated carbocycles. The maximum atomic E-state index is 13.1. The Bertz CT molecular complexity index is 1580. The highest BCUT2D eigenvalue weighted by Crippen LogP contribution is 2.39. The van der Waals surface area contributed by atoms with Gasteiger partial charge in [-0.15, -0.1) is 4.57 Å². The molecule has 1 aliphatic carbocycles. The Balaban J connectivity index is 1.60. The molecule has 1 aromatic heterocycles. The maximum absolute atomic E-state index is 13.1. The van der Waals surface area contributed by atoms with Gasteiger partial charge in [0.15, 0.2) is 5.75 Å². The number of fused-ring (bicyclic) bond motifs is 2. The Labute approximate surface area is 202 Å². The molecule has 2 heterocycles. The number of ether oxygens (including phenoxy) is 1. The number of carboxylic acid groups (broad SMARTS) is 2. The summed E-state index contributed by atoms with van der Waals surface area (Å²) < 4.78 is 12.6. The number of nitrogens with zero attached hydrogens (tertiary/aromatic N) is 2. The zero-order valence-electron chi connectivity index (χ0n) is 18.3. The molecule has 0 fully saturated rings. The number of carbonyl (C=O) groups excluding carboxylic acids is 2. The molecule has 0 unspecified atom stereocenters. The van der Waals surface area contributed by atoms with E-state index < -0.39 is 53.5 Å². The Kier molecular flexibility index (Phi) is 5.36. The molecular formula is C25H16N2O9. The first-order chi connectivity index (χ1) is 17.2. The number of Topliss-reactive ketones (excluding diaryl/α,β-unsaturated/α-hetero) is 2. The number of ketones is 2. The van der Waals surface area contributed by atoms with Crippen molar-refractivity contribution in [3.8, 4) is 5.75 Å².